The van der Waals surface area contributed by atoms with Crippen LogP contribution in [0.25, 0.3) is 0 Å². The zero-order chi connectivity index (χ0) is 13.3. The summed E-state index contributed by atoms with van der Waals surface area (Å²) in [7, 11) is 0. The van der Waals surface area contributed by atoms with Gasteiger partial charge < -0.3 is 25.6 Å². The first kappa shape index (κ1) is 15.3. The van der Waals surface area contributed by atoms with Crippen LogP contribution in [0.5, 0.6) is 0 Å². The van der Waals surface area contributed by atoms with Gasteiger partial charge in [-0.05, 0) is 12.2 Å². The number of nitrogens with one attached hydrogen (secondary N) is 2. The highest BCUT2D eigenvalue weighted by Gasteiger charge is 2.17. The van der Waals surface area contributed by atoms with Gasteiger partial charge in [-0.25, -0.2) is 0 Å². The van der Waals surface area contributed by atoms with Crippen LogP contribution in [0.15, 0.2) is 25.3 Å². The number of aliphatic hydroxyl groups excluding tert-OH is 2. The summed E-state index contributed by atoms with van der Waals surface area (Å²) in [6.45, 7) is 5.43. The van der Waals surface area contributed by atoms with Gasteiger partial charge in [-0.3, -0.25) is 9.59 Å². The number of amides is 2. The fourth-order valence-corrected chi connectivity index (χ4v) is 0.879. The Hall–Kier alpha value is -1.70. The first-order valence-corrected chi connectivity index (χ1v) is 4.80. The van der Waals surface area contributed by atoms with Crippen LogP contribution in [0.2, 0.25) is 0 Å². The molecule has 96 valence electrons. The molecule has 0 rings (SSSR count). The third kappa shape index (κ3) is 6.46. The van der Waals surface area contributed by atoms with Crippen molar-refractivity contribution >= 4 is 11.8 Å². The molecule has 0 heterocycles. The molecule has 0 saturated carbocycles. The standard InChI is InChI=1S/C10H16N2O5/c1-3-7(15)11-9(5-13)17-10(6-14)12-8(16)4-2/h3-4,9-10,13-14H,1-2,5-6H2,(H,11,15)(H,12,16). The van der Waals surface area contributed by atoms with Crippen molar-refractivity contribution in [1.29, 1.82) is 0 Å². The molecule has 0 aromatic carbocycles. The predicted molar refractivity (Wildman–Crippen MR) is 59.5 cm³/mol. The monoisotopic (exact) mass is 244 g/mol. The van der Waals surface area contributed by atoms with E-state index in [1.807, 2.05) is 0 Å². The van der Waals surface area contributed by atoms with Crippen LogP contribution in [0.4, 0.5) is 0 Å². The summed E-state index contributed by atoms with van der Waals surface area (Å²) in [4.78, 5) is 21.9. The topological polar surface area (TPSA) is 108 Å². The molecular formula is C10H16N2O5. The Morgan fingerprint density at radius 2 is 1.41 bits per heavy atom. The average molecular weight is 244 g/mol. The number of carbonyl (C=O) groups is 2. The summed E-state index contributed by atoms with van der Waals surface area (Å²) < 4.78 is 5.03. The van der Waals surface area contributed by atoms with Crippen molar-refractivity contribution in [3.8, 4) is 0 Å². The Morgan fingerprint density at radius 1 is 1.06 bits per heavy atom. The molecule has 0 aliphatic carbocycles. The minimum atomic E-state index is -1.05. The molecule has 17 heavy (non-hydrogen) atoms. The van der Waals surface area contributed by atoms with E-state index >= 15 is 0 Å². The van der Waals surface area contributed by atoms with Crippen molar-refractivity contribution in [1.82, 2.24) is 10.6 Å². The predicted octanol–water partition coefficient (Wildman–Crippen LogP) is -1.76. The van der Waals surface area contributed by atoms with E-state index in [0.29, 0.717) is 0 Å². The van der Waals surface area contributed by atoms with Gasteiger partial charge in [0.2, 0.25) is 11.8 Å². The Labute approximate surface area is 98.8 Å². The van der Waals surface area contributed by atoms with Gasteiger partial charge in [0.1, 0.15) is 0 Å². The summed E-state index contributed by atoms with van der Waals surface area (Å²) in [6, 6.07) is 0. The molecule has 0 fully saturated rings. The van der Waals surface area contributed by atoms with Gasteiger partial charge in [-0.15, -0.1) is 0 Å². The number of hydrogen-bond donors (Lipinski definition) is 4. The van der Waals surface area contributed by atoms with Gasteiger partial charge in [-0.1, -0.05) is 13.2 Å². The number of aliphatic hydroxyl groups is 2. The minimum Gasteiger partial charge on any atom is -0.392 e. The van der Waals surface area contributed by atoms with Crippen molar-refractivity contribution in [3.63, 3.8) is 0 Å². The third-order valence-electron chi connectivity index (χ3n) is 1.64. The molecule has 2 unspecified atom stereocenters. The van der Waals surface area contributed by atoms with Crippen LogP contribution in [0, 0.1) is 0 Å². The normalized spacial score (nSPS) is 13.3. The lowest BCUT2D eigenvalue weighted by Crippen LogP contribution is -2.47. The molecule has 0 bridgehead atoms. The molecule has 0 aromatic rings. The Kier molecular flexibility index (Phi) is 7.61. The first-order chi connectivity index (χ1) is 8.07. The quantitative estimate of drug-likeness (QED) is 0.299. The summed E-state index contributed by atoms with van der Waals surface area (Å²) in [5.41, 5.74) is 0. The average Bonchev–Trinajstić information content (AvgIpc) is 2.36. The lowest BCUT2D eigenvalue weighted by atomic mass is 10.4. The molecule has 0 spiro atoms. The van der Waals surface area contributed by atoms with E-state index in [-0.39, 0.29) is 0 Å². The van der Waals surface area contributed by atoms with E-state index in [1.54, 1.807) is 0 Å². The minimum absolute atomic E-state index is 0.514. The van der Waals surface area contributed by atoms with Crippen molar-refractivity contribution in [2.75, 3.05) is 13.2 Å². The maximum atomic E-state index is 10.9. The van der Waals surface area contributed by atoms with Gasteiger partial charge in [0.15, 0.2) is 12.5 Å². The van der Waals surface area contributed by atoms with E-state index in [9.17, 15) is 9.59 Å². The van der Waals surface area contributed by atoms with E-state index in [1.165, 1.54) is 0 Å². The van der Waals surface area contributed by atoms with Gasteiger partial charge in [0.25, 0.3) is 0 Å². The molecule has 0 radical (unpaired) electrons. The first-order valence-electron chi connectivity index (χ1n) is 4.80. The second kappa shape index (κ2) is 8.45. The zero-order valence-corrected chi connectivity index (χ0v) is 9.26. The maximum absolute atomic E-state index is 10.9. The number of hydrogen-bond acceptors (Lipinski definition) is 5. The summed E-state index contributed by atoms with van der Waals surface area (Å²) in [5, 5.41) is 22.3. The number of ether oxygens (including phenoxy) is 1. The molecular weight excluding hydrogens is 228 g/mol. The van der Waals surface area contributed by atoms with Crippen LogP contribution in [-0.2, 0) is 14.3 Å². The molecule has 4 N–H and O–H groups in total. The van der Waals surface area contributed by atoms with Crippen molar-refractivity contribution in [2.24, 2.45) is 0 Å². The van der Waals surface area contributed by atoms with Crippen LogP contribution >= 0.6 is 0 Å². The fraction of sp³-hybridized carbons (Fsp3) is 0.400. The maximum Gasteiger partial charge on any atom is 0.245 e. The lowest BCUT2D eigenvalue weighted by molar-refractivity contribution is -0.134. The lowest BCUT2D eigenvalue weighted by Gasteiger charge is -2.22. The molecule has 0 aliphatic heterocycles. The summed E-state index contributed by atoms with van der Waals surface area (Å²) in [6.07, 6.45) is -0.101. The molecule has 2 atom stereocenters. The largest absolute Gasteiger partial charge is 0.392 e. The van der Waals surface area contributed by atoms with Crippen LogP contribution in [0.3, 0.4) is 0 Å². The van der Waals surface area contributed by atoms with Crippen LogP contribution in [-0.4, -0.2) is 47.7 Å². The highest BCUT2D eigenvalue weighted by molar-refractivity contribution is 5.87. The van der Waals surface area contributed by atoms with Crippen molar-refractivity contribution in [2.45, 2.75) is 12.5 Å². The van der Waals surface area contributed by atoms with E-state index in [0.717, 1.165) is 12.2 Å². The van der Waals surface area contributed by atoms with Gasteiger partial charge in [0, 0.05) is 0 Å². The molecule has 0 aliphatic rings. The Balaban J connectivity index is 4.30. The molecule has 2 amide bonds. The summed E-state index contributed by atoms with van der Waals surface area (Å²) >= 11 is 0. The smallest absolute Gasteiger partial charge is 0.245 e. The molecule has 7 nitrogen and oxygen atoms in total. The zero-order valence-electron chi connectivity index (χ0n) is 9.26. The Bertz CT molecular complexity index is 264. The SMILES string of the molecule is C=CC(=O)NC(CO)OC(CO)NC(=O)C=C. The van der Waals surface area contributed by atoms with Crippen molar-refractivity contribution < 1.29 is 24.5 Å². The highest BCUT2D eigenvalue weighted by Crippen LogP contribution is 1.94. The second-order valence-electron chi connectivity index (χ2n) is 2.90. The van der Waals surface area contributed by atoms with Gasteiger partial charge >= 0.3 is 0 Å². The van der Waals surface area contributed by atoms with Gasteiger partial charge in [0.05, 0.1) is 13.2 Å². The number of carbonyl (C=O) groups excluding carboxylic acids is 2. The molecule has 0 aromatic heterocycles. The second-order valence-corrected chi connectivity index (χ2v) is 2.90. The summed E-state index contributed by atoms with van der Waals surface area (Å²) in [5.74, 6) is -1.09. The molecule has 0 saturated heterocycles. The van der Waals surface area contributed by atoms with Crippen LogP contribution in [0.1, 0.15) is 0 Å². The molecule has 7 heteroatoms. The van der Waals surface area contributed by atoms with E-state index < -0.39 is 37.5 Å². The highest BCUT2D eigenvalue weighted by atomic mass is 16.5. The van der Waals surface area contributed by atoms with E-state index in [4.69, 9.17) is 14.9 Å². The van der Waals surface area contributed by atoms with Crippen LogP contribution < -0.4 is 10.6 Å². The third-order valence-corrected chi connectivity index (χ3v) is 1.64. The number of rotatable bonds is 8. The van der Waals surface area contributed by atoms with Crippen molar-refractivity contribution in [3.05, 3.63) is 25.3 Å². The van der Waals surface area contributed by atoms with E-state index in [2.05, 4.69) is 23.8 Å². The van der Waals surface area contributed by atoms with Gasteiger partial charge in [-0.2, -0.15) is 0 Å². The Morgan fingerprint density at radius 3 is 1.65 bits per heavy atom. The fourth-order valence-electron chi connectivity index (χ4n) is 0.879.